The second kappa shape index (κ2) is 6.52. The van der Waals surface area contributed by atoms with Gasteiger partial charge in [-0.15, -0.1) is 0 Å². The molecule has 7 heteroatoms. The van der Waals surface area contributed by atoms with Gasteiger partial charge in [0.25, 0.3) is 5.91 Å². The molecule has 23 heavy (non-hydrogen) atoms. The maximum atomic E-state index is 12.6. The van der Waals surface area contributed by atoms with Crippen LogP contribution in [0.3, 0.4) is 0 Å². The Labute approximate surface area is 143 Å². The monoisotopic (exact) mass is 346 g/mol. The van der Waals surface area contributed by atoms with E-state index in [1.54, 1.807) is 22.2 Å². The summed E-state index contributed by atoms with van der Waals surface area (Å²) >= 11 is 7.23. The molecule has 1 amide bonds. The molecular formula is C16H15ClN4OS. The third kappa shape index (κ3) is 3.43. The number of halogens is 1. The lowest BCUT2D eigenvalue weighted by Crippen LogP contribution is -2.30. The first-order valence-electron chi connectivity index (χ1n) is 7.01. The topological polar surface area (TPSA) is 59.8 Å². The molecule has 3 aromatic rings. The Balaban J connectivity index is 1.94. The second-order valence-electron chi connectivity index (χ2n) is 5.19. The first-order chi connectivity index (χ1) is 11.0. The molecule has 1 N–H and O–H groups in total. The maximum Gasteiger partial charge on any atom is 0.254 e. The molecule has 0 fully saturated rings. The highest BCUT2D eigenvalue weighted by Crippen LogP contribution is 2.23. The van der Waals surface area contributed by atoms with E-state index in [0.717, 1.165) is 17.0 Å². The van der Waals surface area contributed by atoms with Gasteiger partial charge >= 0.3 is 0 Å². The van der Waals surface area contributed by atoms with E-state index in [2.05, 4.69) is 14.8 Å². The van der Waals surface area contributed by atoms with Crippen LogP contribution in [0.15, 0.2) is 41.9 Å². The minimum Gasteiger partial charge on any atom is -0.339 e. The molecule has 0 aliphatic carbocycles. The van der Waals surface area contributed by atoms with Crippen LogP contribution >= 0.6 is 23.1 Å². The van der Waals surface area contributed by atoms with Crippen LogP contribution in [0.2, 0.25) is 5.02 Å². The summed E-state index contributed by atoms with van der Waals surface area (Å²) in [4.78, 5) is 12.6. The summed E-state index contributed by atoms with van der Waals surface area (Å²) in [7, 11) is 1.84. The molecule has 0 unspecified atom stereocenters. The highest BCUT2D eigenvalue weighted by molar-refractivity contribution is 7.03. The van der Waals surface area contributed by atoms with E-state index in [1.165, 1.54) is 11.5 Å². The van der Waals surface area contributed by atoms with E-state index in [9.17, 15) is 4.79 Å². The molecule has 1 atom stereocenters. The number of amides is 1. The van der Waals surface area contributed by atoms with Crippen LogP contribution in [-0.2, 0) is 7.05 Å². The van der Waals surface area contributed by atoms with Gasteiger partial charge in [-0.1, -0.05) is 23.7 Å². The minimum atomic E-state index is -0.347. The van der Waals surface area contributed by atoms with Crippen molar-refractivity contribution >= 4 is 29.0 Å². The van der Waals surface area contributed by atoms with E-state index in [0.29, 0.717) is 10.6 Å². The Bertz CT molecular complexity index is 825. The maximum absolute atomic E-state index is 12.6. The van der Waals surface area contributed by atoms with Crippen molar-refractivity contribution in [3.63, 3.8) is 0 Å². The summed E-state index contributed by atoms with van der Waals surface area (Å²) in [5.41, 5.74) is 3.00. The van der Waals surface area contributed by atoms with Gasteiger partial charge in [0.2, 0.25) is 0 Å². The molecule has 0 aliphatic rings. The fourth-order valence-corrected chi connectivity index (χ4v) is 3.11. The molecule has 0 saturated heterocycles. The van der Waals surface area contributed by atoms with E-state index < -0.39 is 0 Å². The Kier molecular flexibility index (Phi) is 4.45. The SMILES string of the molecule is Cc1nscc1C(=O)N[C@H](c1ccc(Cl)cc1)c1ccn(C)n1. The van der Waals surface area contributed by atoms with Gasteiger partial charge in [-0.25, -0.2) is 0 Å². The van der Waals surface area contributed by atoms with Crippen LogP contribution in [0.1, 0.15) is 33.4 Å². The molecule has 0 spiro atoms. The fraction of sp³-hybridized carbons (Fsp3) is 0.188. The second-order valence-corrected chi connectivity index (χ2v) is 6.25. The van der Waals surface area contributed by atoms with Crippen LogP contribution < -0.4 is 5.32 Å². The molecule has 2 aromatic heterocycles. The van der Waals surface area contributed by atoms with Crippen LogP contribution in [0.25, 0.3) is 0 Å². The van der Waals surface area contributed by atoms with Gasteiger partial charge in [-0.3, -0.25) is 9.48 Å². The van der Waals surface area contributed by atoms with E-state index in [4.69, 9.17) is 11.6 Å². The van der Waals surface area contributed by atoms with Crippen LogP contribution in [0, 0.1) is 6.92 Å². The lowest BCUT2D eigenvalue weighted by Gasteiger charge is -2.17. The van der Waals surface area contributed by atoms with Crippen LogP contribution in [-0.4, -0.2) is 20.1 Å². The van der Waals surface area contributed by atoms with Crippen molar-refractivity contribution in [1.29, 1.82) is 0 Å². The predicted molar refractivity (Wildman–Crippen MR) is 90.8 cm³/mol. The number of rotatable bonds is 4. The normalized spacial score (nSPS) is 12.1. The van der Waals surface area contributed by atoms with Crippen molar-refractivity contribution in [3.8, 4) is 0 Å². The third-order valence-electron chi connectivity index (χ3n) is 3.50. The van der Waals surface area contributed by atoms with Crippen molar-refractivity contribution in [3.05, 3.63) is 69.4 Å². The van der Waals surface area contributed by atoms with Crippen molar-refractivity contribution < 1.29 is 4.79 Å². The Morgan fingerprint density at radius 3 is 2.61 bits per heavy atom. The molecule has 0 bridgehead atoms. The lowest BCUT2D eigenvalue weighted by molar-refractivity contribution is 0.0942. The quantitative estimate of drug-likeness (QED) is 0.788. The van der Waals surface area contributed by atoms with Gasteiger partial charge in [0.15, 0.2) is 0 Å². The van der Waals surface area contributed by atoms with E-state index in [-0.39, 0.29) is 11.9 Å². The zero-order valence-electron chi connectivity index (χ0n) is 12.7. The number of aryl methyl sites for hydroxylation is 2. The largest absolute Gasteiger partial charge is 0.339 e. The Hall–Kier alpha value is -2.18. The molecule has 0 aliphatic heterocycles. The molecule has 5 nitrogen and oxygen atoms in total. The Morgan fingerprint density at radius 1 is 1.30 bits per heavy atom. The Morgan fingerprint density at radius 2 is 2.04 bits per heavy atom. The number of carbonyl (C=O) groups excluding carboxylic acids is 1. The van der Waals surface area contributed by atoms with E-state index >= 15 is 0 Å². The van der Waals surface area contributed by atoms with Crippen molar-refractivity contribution in [1.82, 2.24) is 19.5 Å². The van der Waals surface area contributed by atoms with E-state index in [1.807, 2.05) is 38.4 Å². The average molecular weight is 347 g/mol. The van der Waals surface area contributed by atoms with Crippen LogP contribution in [0.4, 0.5) is 0 Å². The standard InChI is InChI=1S/C16H15ClN4OS/c1-10-13(9-23-20-10)16(22)18-15(14-7-8-21(2)19-14)11-3-5-12(17)6-4-11/h3-9,15H,1-2H3,(H,18,22)/t15-/m1/s1. The number of hydrogen-bond donors (Lipinski definition) is 1. The summed E-state index contributed by atoms with van der Waals surface area (Å²) in [6.45, 7) is 1.82. The summed E-state index contributed by atoms with van der Waals surface area (Å²) < 4.78 is 5.86. The number of benzene rings is 1. The average Bonchev–Trinajstić information content (AvgIpc) is 3.14. The highest BCUT2D eigenvalue weighted by atomic mass is 35.5. The van der Waals surface area contributed by atoms with Gasteiger partial charge < -0.3 is 5.32 Å². The zero-order valence-corrected chi connectivity index (χ0v) is 14.2. The number of carbonyl (C=O) groups is 1. The van der Waals surface area contributed by atoms with Crippen molar-refractivity contribution in [2.24, 2.45) is 7.05 Å². The van der Waals surface area contributed by atoms with Gasteiger partial charge in [0, 0.05) is 23.6 Å². The molecular weight excluding hydrogens is 332 g/mol. The number of aromatic nitrogens is 3. The number of nitrogens with one attached hydrogen (secondary N) is 1. The molecule has 118 valence electrons. The molecule has 1 aromatic carbocycles. The summed E-state index contributed by atoms with van der Waals surface area (Å²) in [5.74, 6) is -0.165. The first kappa shape index (κ1) is 15.7. The van der Waals surface area contributed by atoms with Crippen LogP contribution in [0.5, 0.6) is 0 Å². The zero-order chi connectivity index (χ0) is 16.4. The van der Waals surface area contributed by atoms with Gasteiger partial charge in [0.05, 0.1) is 23.0 Å². The smallest absolute Gasteiger partial charge is 0.254 e. The van der Waals surface area contributed by atoms with Crippen molar-refractivity contribution in [2.75, 3.05) is 0 Å². The third-order valence-corrected chi connectivity index (χ3v) is 4.48. The summed E-state index contributed by atoms with van der Waals surface area (Å²) in [6, 6.07) is 8.92. The summed E-state index contributed by atoms with van der Waals surface area (Å²) in [5, 5.41) is 9.86. The number of hydrogen-bond acceptors (Lipinski definition) is 4. The van der Waals surface area contributed by atoms with Crippen molar-refractivity contribution in [2.45, 2.75) is 13.0 Å². The molecule has 0 radical (unpaired) electrons. The molecule has 2 heterocycles. The first-order valence-corrected chi connectivity index (χ1v) is 8.23. The predicted octanol–water partition coefficient (Wildman–Crippen LogP) is 3.36. The van der Waals surface area contributed by atoms with Gasteiger partial charge in [0.1, 0.15) is 0 Å². The minimum absolute atomic E-state index is 0.165. The lowest BCUT2D eigenvalue weighted by atomic mass is 10.0. The number of nitrogens with zero attached hydrogens (tertiary/aromatic N) is 3. The van der Waals surface area contributed by atoms with Gasteiger partial charge in [-0.2, -0.15) is 9.47 Å². The molecule has 3 rings (SSSR count). The summed E-state index contributed by atoms with van der Waals surface area (Å²) in [6.07, 6.45) is 1.85. The molecule has 0 saturated carbocycles. The van der Waals surface area contributed by atoms with Gasteiger partial charge in [-0.05, 0) is 42.2 Å². The fourth-order valence-electron chi connectivity index (χ4n) is 2.29. The highest BCUT2D eigenvalue weighted by Gasteiger charge is 2.21.